The van der Waals surface area contributed by atoms with Crippen molar-refractivity contribution in [2.75, 3.05) is 31.6 Å². The molecule has 45 heavy (non-hydrogen) atoms. The van der Waals surface area contributed by atoms with Gasteiger partial charge in [0.15, 0.2) is 6.61 Å². The van der Waals surface area contributed by atoms with E-state index in [2.05, 4.69) is 26.0 Å². The minimum Gasteiger partial charge on any atom is -0.508 e. The molecule has 0 radical (unpaired) electrons. The highest BCUT2D eigenvalue weighted by atomic mass is 79.9. The van der Waals surface area contributed by atoms with Crippen LogP contribution >= 0.6 is 15.9 Å². The van der Waals surface area contributed by atoms with Gasteiger partial charge in [0.25, 0.3) is 11.8 Å². The third kappa shape index (κ3) is 6.77. The molecule has 3 aromatic rings. The summed E-state index contributed by atoms with van der Waals surface area (Å²) < 4.78 is 101. The van der Waals surface area contributed by atoms with Gasteiger partial charge in [0.2, 0.25) is 5.91 Å². The van der Waals surface area contributed by atoms with Gasteiger partial charge in [-0.05, 0) is 64.0 Å². The van der Waals surface area contributed by atoms with Crippen LogP contribution in [-0.4, -0.2) is 71.3 Å². The highest BCUT2D eigenvalue weighted by Gasteiger charge is 2.41. The Kier molecular flexibility index (Phi) is 8.33. The number of aromatic hydroxyl groups is 1. The third-order valence-corrected chi connectivity index (χ3v) is 7.59. The smallest absolute Gasteiger partial charge is 0.508 e. The molecule has 0 saturated carbocycles. The Morgan fingerprint density at radius 1 is 1.00 bits per heavy atom. The van der Waals surface area contributed by atoms with Gasteiger partial charge in [-0.1, -0.05) is 6.07 Å². The first-order chi connectivity index (χ1) is 21.0. The van der Waals surface area contributed by atoms with E-state index in [0.717, 1.165) is 30.3 Å². The van der Waals surface area contributed by atoms with Crippen molar-refractivity contribution in [3.05, 3.63) is 69.9 Å². The minimum atomic E-state index is -5.10. The normalized spacial score (nSPS) is 16.8. The van der Waals surface area contributed by atoms with Crippen LogP contribution in [0.2, 0.25) is 0 Å². The number of nitrogens with zero attached hydrogens (tertiary/aromatic N) is 2. The second-order valence-corrected chi connectivity index (χ2v) is 10.7. The molecule has 1 saturated heterocycles. The molecule has 2 heterocycles. The van der Waals surface area contributed by atoms with Crippen LogP contribution in [0.5, 0.6) is 17.2 Å². The first kappa shape index (κ1) is 31.9. The van der Waals surface area contributed by atoms with Gasteiger partial charge >= 0.3 is 12.5 Å². The quantitative estimate of drug-likeness (QED) is 0.337. The number of benzene rings is 3. The largest absolute Gasteiger partial charge is 0.573 e. The molecule has 3 amide bonds. The number of carbonyl (C=O) groups is 3. The van der Waals surface area contributed by atoms with Crippen LogP contribution in [-0.2, 0) is 15.8 Å². The van der Waals surface area contributed by atoms with Crippen molar-refractivity contribution in [2.45, 2.75) is 18.6 Å². The number of ether oxygens (including phenoxy) is 2. The van der Waals surface area contributed by atoms with E-state index in [4.69, 9.17) is 4.74 Å². The van der Waals surface area contributed by atoms with Crippen LogP contribution in [0.4, 0.5) is 36.4 Å². The van der Waals surface area contributed by atoms with Crippen LogP contribution in [0.1, 0.15) is 15.9 Å². The Labute approximate surface area is 257 Å². The lowest BCUT2D eigenvalue weighted by atomic mass is 9.98. The molecule has 2 aliphatic rings. The molecule has 3 aromatic carbocycles. The molecule has 17 heteroatoms. The average molecular weight is 706 g/mol. The lowest BCUT2D eigenvalue weighted by Crippen LogP contribution is -2.60. The lowest BCUT2D eigenvalue weighted by molar-refractivity contribution is -0.274. The van der Waals surface area contributed by atoms with E-state index < -0.39 is 71.4 Å². The highest BCUT2D eigenvalue weighted by molar-refractivity contribution is 9.10. The molecular weight excluding hydrogens is 687 g/mol. The molecule has 2 aliphatic heterocycles. The van der Waals surface area contributed by atoms with Crippen molar-refractivity contribution in [3.63, 3.8) is 0 Å². The number of hydrogen-bond donors (Lipinski definition) is 2. The van der Waals surface area contributed by atoms with Crippen LogP contribution in [0.25, 0.3) is 11.1 Å². The van der Waals surface area contributed by atoms with Crippen LogP contribution in [0.3, 0.4) is 0 Å². The van der Waals surface area contributed by atoms with Crippen molar-refractivity contribution >= 4 is 39.3 Å². The summed E-state index contributed by atoms with van der Waals surface area (Å²) in [4.78, 5) is 41.9. The van der Waals surface area contributed by atoms with Gasteiger partial charge in [0.1, 0.15) is 29.1 Å². The predicted octanol–water partition coefficient (Wildman–Crippen LogP) is 5.56. The first-order valence-corrected chi connectivity index (χ1v) is 13.6. The van der Waals surface area contributed by atoms with Gasteiger partial charge in [0.05, 0.1) is 27.8 Å². The maximum absolute atomic E-state index is 14.9. The van der Waals surface area contributed by atoms with Gasteiger partial charge in [-0.15, -0.1) is 13.2 Å². The highest BCUT2D eigenvalue weighted by Crippen LogP contribution is 2.40. The van der Waals surface area contributed by atoms with Gasteiger partial charge < -0.3 is 29.7 Å². The zero-order valence-corrected chi connectivity index (χ0v) is 24.0. The van der Waals surface area contributed by atoms with E-state index in [9.17, 15) is 50.2 Å². The number of anilines is 1. The number of phenolic OH excluding ortho intramolecular Hbond substituents is 1. The van der Waals surface area contributed by atoms with Crippen LogP contribution < -0.4 is 14.8 Å². The van der Waals surface area contributed by atoms with Crippen LogP contribution in [0.15, 0.2) is 53.0 Å². The van der Waals surface area contributed by atoms with E-state index in [1.807, 2.05) is 0 Å². The lowest BCUT2D eigenvalue weighted by Gasteiger charge is -2.39. The number of nitrogens with one attached hydrogen (secondary N) is 1. The molecular formula is C28H19BrF7N3O6. The second-order valence-electron chi connectivity index (χ2n) is 9.89. The van der Waals surface area contributed by atoms with Crippen LogP contribution in [0, 0.1) is 5.82 Å². The number of alkyl halides is 6. The third-order valence-electron chi connectivity index (χ3n) is 6.97. The standard InChI is InChI=1S/C28H19BrF7N3O6/c29-19-10-15(45-28(34,35)36)2-4-22(19)44-12-23(41)38-5-6-39-21(11-38)25(42)37-20-3-1-13(7-17(20)26(39)43)16-8-14(40)9-18(24(16)30)27(31,32)33/h1-4,7-10,21,40H,5-6,11-12H2,(H,37,42)/t21-/m0/s1. The second kappa shape index (κ2) is 11.8. The van der Waals surface area contributed by atoms with Crippen molar-refractivity contribution < 1.29 is 59.7 Å². The summed E-state index contributed by atoms with van der Waals surface area (Å²) >= 11 is 3.05. The van der Waals surface area contributed by atoms with Gasteiger partial charge in [-0.3, -0.25) is 14.4 Å². The molecule has 0 bridgehead atoms. The Morgan fingerprint density at radius 2 is 1.73 bits per heavy atom. The Hall–Kier alpha value is -4.54. The molecule has 5 rings (SSSR count). The fourth-order valence-corrected chi connectivity index (χ4v) is 5.37. The summed E-state index contributed by atoms with van der Waals surface area (Å²) in [6.45, 7) is -0.976. The molecule has 9 nitrogen and oxygen atoms in total. The van der Waals surface area contributed by atoms with E-state index in [-0.39, 0.29) is 52.7 Å². The summed E-state index contributed by atoms with van der Waals surface area (Å²) in [5.74, 6) is -4.95. The number of amides is 3. The molecule has 2 N–H and O–H groups in total. The van der Waals surface area contributed by atoms with Crippen molar-refractivity contribution in [3.8, 4) is 28.4 Å². The molecule has 1 atom stereocenters. The topological polar surface area (TPSA) is 108 Å². The van der Waals surface area contributed by atoms with Gasteiger partial charge in [-0.2, -0.15) is 13.2 Å². The van der Waals surface area contributed by atoms with Crippen molar-refractivity contribution in [1.82, 2.24) is 9.80 Å². The maximum Gasteiger partial charge on any atom is 0.573 e. The fourth-order valence-electron chi connectivity index (χ4n) is 4.90. The number of piperazine rings is 1. The zero-order valence-electron chi connectivity index (χ0n) is 22.4. The fraction of sp³-hybridized carbons (Fsp3) is 0.250. The summed E-state index contributed by atoms with van der Waals surface area (Å²) in [6.07, 6.45) is -10.0. The summed E-state index contributed by atoms with van der Waals surface area (Å²) in [5.41, 5.74) is -2.62. The monoisotopic (exact) mass is 705 g/mol. The number of fused-ring (bicyclic) bond motifs is 2. The number of hydrogen-bond acceptors (Lipinski definition) is 6. The Bertz CT molecular complexity index is 1700. The molecule has 0 aliphatic carbocycles. The van der Waals surface area contributed by atoms with Gasteiger partial charge in [-0.25, -0.2) is 4.39 Å². The average Bonchev–Trinajstić information content (AvgIpc) is 3.05. The number of rotatable bonds is 5. The predicted molar refractivity (Wildman–Crippen MR) is 145 cm³/mol. The molecule has 0 spiro atoms. The summed E-state index contributed by atoms with van der Waals surface area (Å²) in [6, 6.07) is 6.50. The maximum atomic E-state index is 14.9. The minimum absolute atomic E-state index is 0.00349. The Morgan fingerprint density at radius 3 is 2.40 bits per heavy atom. The molecule has 0 unspecified atom stereocenters. The molecule has 0 aromatic heterocycles. The summed E-state index contributed by atoms with van der Waals surface area (Å²) in [7, 11) is 0. The van der Waals surface area contributed by atoms with E-state index in [0.29, 0.717) is 0 Å². The van der Waals surface area contributed by atoms with E-state index in [1.54, 1.807) is 0 Å². The number of halogens is 8. The molecule has 1 fully saturated rings. The van der Waals surface area contributed by atoms with Gasteiger partial charge in [0, 0.05) is 18.7 Å². The molecule has 238 valence electrons. The summed E-state index contributed by atoms with van der Waals surface area (Å²) in [5, 5.41) is 12.4. The zero-order chi connectivity index (χ0) is 32.8. The van der Waals surface area contributed by atoms with Crippen molar-refractivity contribution in [1.29, 1.82) is 0 Å². The number of carbonyl (C=O) groups excluding carboxylic acids is 3. The Balaban J connectivity index is 1.31. The van der Waals surface area contributed by atoms with E-state index >= 15 is 0 Å². The SMILES string of the molecule is O=C1Nc2ccc(-c3cc(O)cc(C(F)(F)F)c3F)cc2C(=O)N2CCN(C(=O)COc3ccc(OC(F)(F)F)cc3Br)C[C@@H]12. The van der Waals surface area contributed by atoms with Crippen molar-refractivity contribution in [2.24, 2.45) is 0 Å². The first-order valence-electron chi connectivity index (χ1n) is 12.8. The van der Waals surface area contributed by atoms with E-state index in [1.165, 1.54) is 21.9 Å². The number of phenols is 1.